The summed E-state index contributed by atoms with van der Waals surface area (Å²) >= 11 is 0. The van der Waals surface area contributed by atoms with Crippen LogP contribution in [0.25, 0.3) is 0 Å². The van der Waals surface area contributed by atoms with Crippen molar-refractivity contribution in [1.82, 2.24) is 10.3 Å². The summed E-state index contributed by atoms with van der Waals surface area (Å²) in [7, 11) is 1.94. The normalized spacial score (nSPS) is 10.7. The minimum atomic E-state index is 0.498. The van der Waals surface area contributed by atoms with Crippen molar-refractivity contribution >= 4 is 5.82 Å². The van der Waals surface area contributed by atoms with E-state index in [4.69, 9.17) is 0 Å². The van der Waals surface area contributed by atoms with Crippen molar-refractivity contribution in [3.63, 3.8) is 0 Å². The highest BCUT2D eigenvalue weighted by atomic mass is 15.2. The molecule has 3 nitrogen and oxygen atoms in total. The second-order valence-electron chi connectivity index (χ2n) is 3.93. The summed E-state index contributed by atoms with van der Waals surface area (Å²) in [5.41, 5.74) is 1.22. The third-order valence-electron chi connectivity index (χ3n) is 2.45. The molecule has 1 rings (SSSR count). The minimum absolute atomic E-state index is 0.498. The number of pyridine rings is 1. The highest BCUT2D eigenvalue weighted by Crippen LogP contribution is 2.13. The van der Waals surface area contributed by atoms with Crippen LogP contribution in [0.3, 0.4) is 0 Å². The number of rotatable bonds is 5. The number of nitrogens with one attached hydrogen (secondary N) is 1. The molecular weight excluding hydrogens is 186 g/mol. The van der Waals surface area contributed by atoms with Gasteiger partial charge in [0.05, 0.1) is 0 Å². The molecule has 0 atom stereocenters. The molecule has 0 aliphatic heterocycles. The second kappa shape index (κ2) is 5.71. The average molecular weight is 207 g/mol. The molecule has 0 radical (unpaired) electrons. The summed E-state index contributed by atoms with van der Waals surface area (Å²) in [6.45, 7) is 8.40. The van der Waals surface area contributed by atoms with E-state index in [9.17, 15) is 0 Å². The molecule has 1 N–H and O–H groups in total. The number of nitrogens with zero attached hydrogens (tertiary/aromatic N) is 2. The highest BCUT2D eigenvalue weighted by Gasteiger charge is 2.08. The van der Waals surface area contributed by atoms with Crippen LogP contribution in [0.2, 0.25) is 0 Å². The predicted molar refractivity (Wildman–Crippen MR) is 65.2 cm³/mol. The first-order valence-corrected chi connectivity index (χ1v) is 5.55. The average Bonchev–Trinajstić information content (AvgIpc) is 2.21. The van der Waals surface area contributed by atoms with Crippen LogP contribution < -0.4 is 10.2 Å². The van der Waals surface area contributed by atoms with Crippen LogP contribution in [-0.4, -0.2) is 24.6 Å². The standard InChI is InChI=1S/C12H21N3/c1-5-15(10(2)3)12-7-6-11(8-13-4)9-14-12/h6-7,9-10,13H,5,8H2,1-4H3. The van der Waals surface area contributed by atoms with Gasteiger partial charge in [-0.25, -0.2) is 4.98 Å². The van der Waals surface area contributed by atoms with Gasteiger partial charge in [0.25, 0.3) is 0 Å². The van der Waals surface area contributed by atoms with E-state index in [-0.39, 0.29) is 0 Å². The fourth-order valence-corrected chi connectivity index (χ4v) is 1.69. The first-order valence-electron chi connectivity index (χ1n) is 5.55. The van der Waals surface area contributed by atoms with Gasteiger partial charge in [0.2, 0.25) is 0 Å². The second-order valence-corrected chi connectivity index (χ2v) is 3.93. The molecule has 3 heteroatoms. The summed E-state index contributed by atoms with van der Waals surface area (Å²) in [6, 6.07) is 4.72. The molecular formula is C12H21N3. The molecule has 1 aromatic rings. The van der Waals surface area contributed by atoms with Gasteiger partial charge in [0.15, 0.2) is 0 Å². The molecule has 0 amide bonds. The van der Waals surface area contributed by atoms with E-state index in [2.05, 4.69) is 48.1 Å². The van der Waals surface area contributed by atoms with E-state index in [0.29, 0.717) is 6.04 Å². The van der Waals surface area contributed by atoms with Crippen LogP contribution in [0.15, 0.2) is 18.3 Å². The van der Waals surface area contributed by atoms with Gasteiger partial charge in [-0.2, -0.15) is 0 Å². The lowest BCUT2D eigenvalue weighted by Gasteiger charge is -2.26. The van der Waals surface area contributed by atoms with Gasteiger partial charge in [-0.1, -0.05) is 6.07 Å². The van der Waals surface area contributed by atoms with E-state index < -0.39 is 0 Å². The lowest BCUT2D eigenvalue weighted by Crippen LogP contribution is -2.31. The van der Waals surface area contributed by atoms with Crippen molar-refractivity contribution < 1.29 is 0 Å². The number of hydrogen-bond acceptors (Lipinski definition) is 3. The lowest BCUT2D eigenvalue weighted by molar-refractivity contribution is 0.692. The molecule has 15 heavy (non-hydrogen) atoms. The topological polar surface area (TPSA) is 28.2 Å². The van der Waals surface area contributed by atoms with Crippen LogP contribution in [0.4, 0.5) is 5.82 Å². The summed E-state index contributed by atoms with van der Waals surface area (Å²) in [4.78, 5) is 6.76. The molecule has 0 bridgehead atoms. The van der Waals surface area contributed by atoms with Gasteiger partial charge in [-0.15, -0.1) is 0 Å². The molecule has 1 heterocycles. The van der Waals surface area contributed by atoms with E-state index in [0.717, 1.165) is 18.9 Å². The Morgan fingerprint density at radius 3 is 2.53 bits per heavy atom. The maximum Gasteiger partial charge on any atom is 0.128 e. The number of anilines is 1. The fourth-order valence-electron chi connectivity index (χ4n) is 1.69. The van der Waals surface area contributed by atoms with Gasteiger partial charge in [-0.3, -0.25) is 0 Å². The smallest absolute Gasteiger partial charge is 0.128 e. The Morgan fingerprint density at radius 2 is 2.13 bits per heavy atom. The molecule has 0 aliphatic carbocycles. The van der Waals surface area contributed by atoms with Crippen LogP contribution in [0.5, 0.6) is 0 Å². The van der Waals surface area contributed by atoms with Crippen LogP contribution >= 0.6 is 0 Å². The molecule has 0 aromatic carbocycles. The Bertz CT molecular complexity index is 279. The van der Waals surface area contributed by atoms with Crippen molar-refractivity contribution in [2.24, 2.45) is 0 Å². The quantitative estimate of drug-likeness (QED) is 0.801. The van der Waals surface area contributed by atoms with Crippen molar-refractivity contribution in [2.45, 2.75) is 33.4 Å². The Kier molecular flexibility index (Phi) is 4.56. The summed E-state index contributed by atoms with van der Waals surface area (Å²) in [5.74, 6) is 1.06. The summed E-state index contributed by atoms with van der Waals surface area (Å²) in [6.07, 6.45) is 1.94. The van der Waals surface area contributed by atoms with Crippen molar-refractivity contribution in [1.29, 1.82) is 0 Å². The first-order chi connectivity index (χ1) is 7.19. The van der Waals surface area contributed by atoms with E-state index in [1.807, 2.05) is 13.2 Å². The molecule has 0 saturated carbocycles. The maximum atomic E-state index is 4.48. The molecule has 84 valence electrons. The fraction of sp³-hybridized carbons (Fsp3) is 0.583. The summed E-state index contributed by atoms with van der Waals surface area (Å²) in [5, 5.41) is 3.12. The lowest BCUT2D eigenvalue weighted by atomic mass is 10.2. The first kappa shape index (κ1) is 12.0. The zero-order valence-electron chi connectivity index (χ0n) is 10.1. The van der Waals surface area contributed by atoms with E-state index in [1.165, 1.54) is 5.56 Å². The summed E-state index contributed by atoms with van der Waals surface area (Å²) < 4.78 is 0. The molecule has 0 unspecified atom stereocenters. The van der Waals surface area contributed by atoms with Gasteiger partial charge in [-0.05, 0) is 39.4 Å². The van der Waals surface area contributed by atoms with Gasteiger partial charge < -0.3 is 10.2 Å². The third kappa shape index (κ3) is 3.20. The van der Waals surface area contributed by atoms with E-state index >= 15 is 0 Å². The molecule has 0 saturated heterocycles. The Balaban J connectivity index is 2.77. The van der Waals surface area contributed by atoms with Crippen molar-refractivity contribution in [2.75, 3.05) is 18.5 Å². The van der Waals surface area contributed by atoms with Crippen LogP contribution in [-0.2, 0) is 6.54 Å². The Labute approximate surface area is 92.5 Å². The highest BCUT2D eigenvalue weighted by molar-refractivity contribution is 5.40. The van der Waals surface area contributed by atoms with Crippen LogP contribution in [0, 0.1) is 0 Å². The monoisotopic (exact) mass is 207 g/mol. The molecule has 1 aromatic heterocycles. The van der Waals surface area contributed by atoms with Crippen molar-refractivity contribution in [3.8, 4) is 0 Å². The third-order valence-corrected chi connectivity index (χ3v) is 2.45. The van der Waals surface area contributed by atoms with Crippen molar-refractivity contribution in [3.05, 3.63) is 23.9 Å². The van der Waals surface area contributed by atoms with Gasteiger partial charge in [0.1, 0.15) is 5.82 Å². The molecule has 0 aliphatic rings. The van der Waals surface area contributed by atoms with Gasteiger partial charge >= 0.3 is 0 Å². The largest absolute Gasteiger partial charge is 0.354 e. The number of hydrogen-bond donors (Lipinski definition) is 1. The van der Waals surface area contributed by atoms with Gasteiger partial charge in [0, 0.05) is 25.3 Å². The number of aromatic nitrogens is 1. The SMILES string of the molecule is CCN(c1ccc(CNC)cn1)C(C)C. The zero-order chi connectivity index (χ0) is 11.3. The predicted octanol–water partition coefficient (Wildman–Crippen LogP) is 2.04. The maximum absolute atomic E-state index is 4.48. The Hall–Kier alpha value is -1.09. The molecule has 0 spiro atoms. The van der Waals surface area contributed by atoms with E-state index in [1.54, 1.807) is 0 Å². The Morgan fingerprint density at radius 1 is 1.40 bits per heavy atom. The molecule has 0 fully saturated rings. The van der Waals surface area contributed by atoms with Crippen LogP contribution in [0.1, 0.15) is 26.3 Å². The minimum Gasteiger partial charge on any atom is -0.354 e. The zero-order valence-corrected chi connectivity index (χ0v) is 10.1.